The van der Waals surface area contributed by atoms with Gasteiger partial charge in [-0.15, -0.1) is 0 Å². The topological polar surface area (TPSA) is 29.5 Å². The van der Waals surface area contributed by atoms with Gasteiger partial charge in [-0.2, -0.15) is 0 Å². The maximum absolute atomic E-state index is 12.8. The molecule has 5 heteroatoms. The van der Waals surface area contributed by atoms with E-state index >= 15 is 0 Å². The van der Waals surface area contributed by atoms with Crippen LogP contribution in [-0.2, 0) is 11.3 Å². The molecular formula is C17H15Cl2NO2. The number of rotatable bonds is 2. The number of hydrogen-bond acceptors (Lipinski definition) is 2. The molecule has 0 bridgehead atoms. The molecule has 0 spiro atoms. The molecule has 0 aromatic heterocycles. The summed E-state index contributed by atoms with van der Waals surface area (Å²) in [6.07, 6.45) is 0. The number of nitrogens with zero attached hydrogens (tertiary/aromatic N) is 1. The molecular weight excluding hydrogens is 321 g/mol. The number of carbonyl (C=O) groups excluding carboxylic acids is 1. The fraction of sp³-hybridized carbons (Fsp3) is 0.235. The minimum atomic E-state index is -0.928. The third-order valence-corrected chi connectivity index (χ3v) is 4.23. The van der Waals surface area contributed by atoms with Crippen molar-refractivity contribution in [3.63, 3.8) is 0 Å². The smallest absolute Gasteiger partial charge is 0.271 e. The van der Waals surface area contributed by atoms with E-state index in [1.165, 1.54) is 0 Å². The molecule has 0 saturated carbocycles. The van der Waals surface area contributed by atoms with Gasteiger partial charge in [0.25, 0.3) is 5.91 Å². The SMILES string of the molecule is CC1(C)Oc2ccc(Cl)cc2N(Cc2ccccc2Cl)C1=O. The number of anilines is 1. The molecule has 3 rings (SSSR count). The number of fused-ring (bicyclic) bond motifs is 1. The van der Waals surface area contributed by atoms with E-state index in [-0.39, 0.29) is 5.91 Å². The molecule has 22 heavy (non-hydrogen) atoms. The Bertz CT molecular complexity index is 743. The molecule has 0 unspecified atom stereocenters. The van der Waals surface area contributed by atoms with Crippen LogP contribution in [-0.4, -0.2) is 11.5 Å². The van der Waals surface area contributed by atoms with Crippen LogP contribution >= 0.6 is 23.2 Å². The van der Waals surface area contributed by atoms with Crippen LogP contribution in [0.5, 0.6) is 5.75 Å². The molecule has 0 radical (unpaired) electrons. The van der Waals surface area contributed by atoms with Crippen molar-refractivity contribution in [1.82, 2.24) is 0 Å². The van der Waals surface area contributed by atoms with E-state index in [1.807, 2.05) is 24.3 Å². The monoisotopic (exact) mass is 335 g/mol. The Morgan fingerprint density at radius 2 is 1.86 bits per heavy atom. The largest absolute Gasteiger partial charge is 0.476 e. The summed E-state index contributed by atoms with van der Waals surface area (Å²) in [5.74, 6) is 0.517. The Morgan fingerprint density at radius 3 is 2.59 bits per heavy atom. The Balaban J connectivity index is 2.07. The maximum atomic E-state index is 12.8. The molecule has 1 aliphatic heterocycles. The summed E-state index contributed by atoms with van der Waals surface area (Å²) in [6.45, 7) is 3.89. The highest BCUT2D eigenvalue weighted by molar-refractivity contribution is 6.31. The van der Waals surface area contributed by atoms with Crippen molar-refractivity contribution in [3.05, 3.63) is 58.1 Å². The summed E-state index contributed by atoms with van der Waals surface area (Å²) in [6, 6.07) is 12.7. The van der Waals surface area contributed by atoms with Crippen LogP contribution in [0.1, 0.15) is 19.4 Å². The van der Waals surface area contributed by atoms with Gasteiger partial charge in [0.1, 0.15) is 5.75 Å². The van der Waals surface area contributed by atoms with Gasteiger partial charge in [0, 0.05) is 10.0 Å². The second-order valence-corrected chi connectivity index (χ2v) is 6.55. The summed E-state index contributed by atoms with van der Waals surface area (Å²) >= 11 is 12.3. The lowest BCUT2D eigenvalue weighted by atomic mass is 10.0. The van der Waals surface area contributed by atoms with Crippen molar-refractivity contribution < 1.29 is 9.53 Å². The van der Waals surface area contributed by atoms with Gasteiger partial charge in [-0.1, -0.05) is 41.4 Å². The fourth-order valence-corrected chi connectivity index (χ4v) is 2.86. The first-order valence-corrected chi connectivity index (χ1v) is 7.68. The van der Waals surface area contributed by atoms with Gasteiger partial charge in [-0.3, -0.25) is 4.79 Å². The van der Waals surface area contributed by atoms with Crippen LogP contribution in [0.15, 0.2) is 42.5 Å². The van der Waals surface area contributed by atoms with Gasteiger partial charge in [0.05, 0.1) is 12.2 Å². The number of hydrogen-bond donors (Lipinski definition) is 0. The number of carbonyl (C=O) groups is 1. The van der Waals surface area contributed by atoms with Crippen LogP contribution in [0.4, 0.5) is 5.69 Å². The molecule has 0 fully saturated rings. The molecule has 1 aliphatic rings. The van der Waals surface area contributed by atoms with E-state index in [0.717, 1.165) is 5.56 Å². The van der Waals surface area contributed by atoms with E-state index < -0.39 is 5.60 Å². The van der Waals surface area contributed by atoms with Gasteiger partial charge < -0.3 is 9.64 Å². The number of halogens is 2. The zero-order valence-electron chi connectivity index (χ0n) is 12.3. The highest BCUT2D eigenvalue weighted by Crippen LogP contribution is 2.40. The molecule has 0 saturated heterocycles. The fourth-order valence-electron chi connectivity index (χ4n) is 2.49. The molecule has 114 valence electrons. The highest BCUT2D eigenvalue weighted by Gasteiger charge is 2.41. The summed E-state index contributed by atoms with van der Waals surface area (Å²) < 4.78 is 5.80. The average molecular weight is 336 g/mol. The van der Waals surface area contributed by atoms with Gasteiger partial charge in [0.2, 0.25) is 0 Å². The number of amides is 1. The van der Waals surface area contributed by atoms with Crippen LogP contribution in [0, 0.1) is 0 Å². The van der Waals surface area contributed by atoms with E-state index in [1.54, 1.807) is 36.9 Å². The van der Waals surface area contributed by atoms with Crippen molar-refractivity contribution in [2.24, 2.45) is 0 Å². The van der Waals surface area contributed by atoms with Crippen LogP contribution < -0.4 is 9.64 Å². The maximum Gasteiger partial charge on any atom is 0.271 e. The van der Waals surface area contributed by atoms with Gasteiger partial charge in [0.15, 0.2) is 5.60 Å². The predicted octanol–water partition coefficient (Wildman–Crippen LogP) is 4.70. The molecule has 0 atom stereocenters. The first-order valence-electron chi connectivity index (χ1n) is 6.92. The van der Waals surface area contributed by atoms with Crippen LogP contribution in [0.2, 0.25) is 10.0 Å². The van der Waals surface area contributed by atoms with E-state index in [2.05, 4.69) is 0 Å². The van der Waals surface area contributed by atoms with E-state index in [4.69, 9.17) is 27.9 Å². The standard InChI is InChI=1S/C17H15Cl2NO2/c1-17(2)16(21)20(10-11-5-3-4-6-13(11)19)14-9-12(18)7-8-15(14)22-17/h3-9H,10H2,1-2H3. The third-order valence-electron chi connectivity index (χ3n) is 3.62. The minimum Gasteiger partial charge on any atom is -0.476 e. The molecule has 0 aliphatic carbocycles. The first kappa shape index (κ1) is 15.2. The normalized spacial score (nSPS) is 16.2. The Kier molecular flexibility index (Phi) is 3.79. The number of benzene rings is 2. The minimum absolute atomic E-state index is 0.123. The lowest BCUT2D eigenvalue weighted by Gasteiger charge is -2.39. The molecule has 1 heterocycles. The first-order chi connectivity index (χ1) is 10.4. The second kappa shape index (κ2) is 5.49. The lowest BCUT2D eigenvalue weighted by Crippen LogP contribution is -2.52. The van der Waals surface area contributed by atoms with Gasteiger partial charge in [-0.25, -0.2) is 0 Å². The summed E-state index contributed by atoms with van der Waals surface area (Å²) in [7, 11) is 0. The summed E-state index contributed by atoms with van der Waals surface area (Å²) in [5, 5.41) is 1.18. The Morgan fingerprint density at radius 1 is 1.14 bits per heavy atom. The van der Waals surface area contributed by atoms with Gasteiger partial charge in [-0.05, 0) is 43.7 Å². The zero-order chi connectivity index (χ0) is 15.9. The number of ether oxygens (including phenoxy) is 1. The van der Waals surface area contributed by atoms with Crippen LogP contribution in [0.3, 0.4) is 0 Å². The summed E-state index contributed by atoms with van der Waals surface area (Å²) in [5.41, 5.74) is 0.611. The lowest BCUT2D eigenvalue weighted by molar-refractivity contribution is -0.132. The van der Waals surface area contributed by atoms with Crippen molar-refractivity contribution in [2.75, 3.05) is 4.90 Å². The molecule has 2 aromatic rings. The van der Waals surface area contributed by atoms with Crippen molar-refractivity contribution in [1.29, 1.82) is 0 Å². The quantitative estimate of drug-likeness (QED) is 0.796. The van der Waals surface area contributed by atoms with Crippen molar-refractivity contribution >= 4 is 34.8 Å². The Hall–Kier alpha value is -1.71. The van der Waals surface area contributed by atoms with Crippen molar-refractivity contribution in [3.8, 4) is 5.75 Å². The average Bonchev–Trinajstić information content (AvgIpc) is 2.46. The van der Waals surface area contributed by atoms with E-state index in [0.29, 0.717) is 28.0 Å². The van der Waals surface area contributed by atoms with Crippen LogP contribution in [0.25, 0.3) is 0 Å². The Labute approximate surface area is 139 Å². The second-order valence-electron chi connectivity index (χ2n) is 5.71. The van der Waals surface area contributed by atoms with E-state index in [9.17, 15) is 4.79 Å². The van der Waals surface area contributed by atoms with Crippen molar-refractivity contribution in [2.45, 2.75) is 26.0 Å². The molecule has 1 amide bonds. The molecule has 0 N–H and O–H groups in total. The summed E-state index contributed by atoms with van der Waals surface area (Å²) in [4.78, 5) is 14.4. The highest BCUT2D eigenvalue weighted by atomic mass is 35.5. The zero-order valence-corrected chi connectivity index (χ0v) is 13.8. The predicted molar refractivity (Wildman–Crippen MR) is 88.8 cm³/mol. The van der Waals surface area contributed by atoms with Gasteiger partial charge >= 0.3 is 0 Å². The molecule has 2 aromatic carbocycles. The molecule has 3 nitrogen and oxygen atoms in total. The third kappa shape index (κ3) is 2.67.